The van der Waals surface area contributed by atoms with Crippen LogP contribution in [0.15, 0.2) is 182 Å². The van der Waals surface area contributed by atoms with Gasteiger partial charge in [0.1, 0.15) is 0 Å². The second-order valence-electron chi connectivity index (χ2n) is 14.3. The third kappa shape index (κ3) is 4.36. The second-order valence-corrected chi connectivity index (χ2v) is 16.5. The number of thiophene rings is 2. The molecule has 0 amide bonds. The molecule has 2 heterocycles. The number of fused-ring (bicyclic) bond motifs is 12. The van der Waals surface area contributed by atoms with E-state index in [1.165, 1.54) is 117 Å². The molecule has 0 fully saturated rings. The van der Waals surface area contributed by atoms with E-state index in [2.05, 4.69) is 182 Å². The van der Waals surface area contributed by atoms with E-state index in [-0.39, 0.29) is 0 Å². The van der Waals surface area contributed by atoms with Crippen LogP contribution in [-0.2, 0) is 0 Å². The van der Waals surface area contributed by atoms with Crippen molar-refractivity contribution in [3.8, 4) is 33.4 Å². The fourth-order valence-corrected chi connectivity index (χ4v) is 11.6. The van der Waals surface area contributed by atoms with Crippen LogP contribution in [0.2, 0.25) is 0 Å². The summed E-state index contributed by atoms with van der Waals surface area (Å²) < 4.78 is 5.42. The third-order valence-electron chi connectivity index (χ3n) is 11.4. The molecule has 250 valence electrons. The fraction of sp³-hybridized carbons (Fsp3) is 0. The molecule has 0 saturated carbocycles. The molecule has 0 aliphatic rings. The van der Waals surface area contributed by atoms with Crippen molar-refractivity contribution in [1.82, 2.24) is 0 Å². The monoisotopic (exact) mass is 718 g/mol. The van der Waals surface area contributed by atoms with Gasteiger partial charge in [0, 0.05) is 45.9 Å². The van der Waals surface area contributed by atoms with Gasteiger partial charge in [-0.05, 0) is 95.2 Å². The molecule has 2 aromatic heterocycles. The zero-order chi connectivity index (χ0) is 35.3. The maximum atomic E-state index is 2.46. The van der Waals surface area contributed by atoms with Gasteiger partial charge in [-0.2, -0.15) is 0 Å². The number of rotatable bonds is 3. The summed E-state index contributed by atoms with van der Waals surface area (Å²) in [5.41, 5.74) is 7.66. The molecule has 54 heavy (non-hydrogen) atoms. The molecule has 0 spiro atoms. The highest BCUT2D eigenvalue weighted by molar-refractivity contribution is 7.29. The van der Waals surface area contributed by atoms with Gasteiger partial charge in [-0.1, -0.05) is 158 Å². The SMILES string of the molecule is c1ccc(-c2c3ccccc3c(-c3ccc4cc(-c5cc6sc7ccccc7c6c6c5sc5c7ccccc7ccc56)ccc4c3)c3ccccc23)cc1. The van der Waals surface area contributed by atoms with E-state index in [0.717, 1.165) is 0 Å². The molecule has 10 aromatic carbocycles. The highest BCUT2D eigenvalue weighted by Gasteiger charge is 2.20. The predicted molar refractivity (Wildman–Crippen MR) is 239 cm³/mol. The summed E-state index contributed by atoms with van der Waals surface area (Å²) in [5.74, 6) is 0. The summed E-state index contributed by atoms with van der Waals surface area (Å²) >= 11 is 3.86. The highest BCUT2D eigenvalue weighted by Crippen LogP contribution is 2.50. The van der Waals surface area contributed by atoms with E-state index in [4.69, 9.17) is 0 Å². The molecular weight excluding hydrogens is 689 g/mol. The Balaban J connectivity index is 1.08. The average molecular weight is 719 g/mol. The largest absolute Gasteiger partial charge is 0.135 e. The lowest BCUT2D eigenvalue weighted by Gasteiger charge is -2.18. The van der Waals surface area contributed by atoms with Crippen molar-refractivity contribution in [2.75, 3.05) is 0 Å². The van der Waals surface area contributed by atoms with Gasteiger partial charge in [0.25, 0.3) is 0 Å². The minimum Gasteiger partial charge on any atom is -0.135 e. The molecular formula is C52H30S2. The lowest BCUT2D eigenvalue weighted by atomic mass is 9.85. The molecule has 0 atom stereocenters. The first kappa shape index (κ1) is 30.2. The molecule has 12 aromatic rings. The van der Waals surface area contributed by atoms with E-state index in [1.54, 1.807) is 0 Å². The molecule has 12 rings (SSSR count). The van der Waals surface area contributed by atoms with Crippen molar-refractivity contribution in [2.24, 2.45) is 0 Å². The van der Waals surface area contributed by atoms with Crippen LogP contribution in [0.25, 0.3) is 117 Å². The second kappa shape index (κ2) is 11.6. The summed E-state index contributed by atoms with van der Waals surface area (Å²) in [6.45, 7) is 0. The van der Waals surface area contributed by atoms with E-state index >= 15 is 0 Å². The zero-order valence-electron chi connectivity index (χ0n) is 29.1. The molecule has 0 bridgehead atoms. The van der Waals surface area contributed by atoms with Crippen LogP contribution >= 0.6 is 22.7 Å². The number of benzene rings is 10. The smallest absolute Gasteiger partial charge is 0.0441 e. The van der Waals surface area contributed by atoms with Gasteiger partial charge in [0.2, 0.25) is 0 Å². The van der Waals surface area contributed by atoms with E-state index < -0.39 is 0 Å². The summed E-state index contributed by atoms with van der Waals surface area (Å²) in [7, 11) is 0. The topological polar surface area (TPSA) is 0 Å². The molecule has 0 aliphatic heterocycles. The van der Waals surface area contributed by atoms with Crippen molar-refractivity contribution in [1.29, 1.82) is 0 Å². The Kier molecular flexibility index (Phi) is 6.48. The predicted octanol–water partition coefficient (Wildman–Crippen LogP) is 16.0. The van der Waals surface area contributed by atoms with Crippen molar-refractivity contribution in [3.05, 3.63) is 182 Å². The van der Waals surface area contributed by atoms with E-state index in [9.17, 15) is 0 Å². The Morgan fingerprint density at radius 1 is 0.278 bits per heavy atom. The maximum Gasteiger partial charge on any atom is 0.0441 e. The molecule has 2 heteroatoms. The Labute approximate surface area is 319 Å². The third-order valence-corrected chi connectivity index (χ3v) is 13.8. The Morgan fingerprint density at radius 3 is 1.56 bits per heavy atom. The van der Waals surface area contributed by atoms with Crippen LogP contribution in [-0.4, -0.2) is 0 Å². The van der Waals surface area contributed by atoms with E-state index in [0.29, 0.717) is 0 Å². The first-order valence-electron chi connectivity index (χ1n) is 18.5. The van der Waals surface area contributed by atoms with Crippen LogP contribution in [0.5, 0.6) is 0 Å². The van der Waals surface area contributed by atoms with Gasteiger partial charge in [-0.15, -0.1) is 22.7 Å². The summed E-state index contributed by atoms with van der Waals surface area (Å²) in [5, 5.41) is 15.7. The van der Waals surface area contributed by atoms with Crippen LogP contribution < -0.4 is 0 Å². The molecule has 0 nitrogen and oxygen atoms in total. The van der Waals surface area contributed by atoms with Gasteiger partial charge < -0.3 is 0 Å². The van der Waals surface area contributed by atoms with E-state index in [1.807, 2.05) is 22.7 Å². The fourth-order valence-electron chi connectivity index (χ4n) is 9.02. The molecule has 0 saturated heterocycles. The maximum absolute atomic E-state index is 2.46. The Bertz CT molecular complexity index is 3430. The van der Waals surface area contributed by atoms with Gasteiger partial charge in [0.05, 0.1) is 0 Å². The standard InChI is InChI=1S/C52H30S2/c1-2-13-32(14-3-1)47-38-16-6-8-18-40(38)48(41-19-9-7-17-39(41)47)36-25-23-33-28-35(24-22-34(33)29-36)44-30-46-49(42-20-10-11-21-45(42)53-46)50-43-27-26-31-12-4-5-15-37(31)51(43)54-52(44)50/h1-30H. The quantitative estimate of drug-likeness (QED) is 0.160. The molecule has 0 unspecified atom stereocenters. The zero-order valence-corrected chi connectivity index (χ0v) is 30.8. The Morgan fingerprint density at radius 2 is 0.833 bits per heavy atom. The van der Waals surface area contributed by atoms with Crippen molar-refractivity contribution in [3.63, 3.8) is 0 Å². The van der Waals surface area contributed by atoms with Crippen molar-refractivity contribution >= 4 is 106 Å². The van der Waals surface area contributed by atoms with Gasteiger partial charge in [-0.3, -0.25) is 0 Å². The normalized spacial score (nSPS) is 12.1. The number of hydrogen-bond donors (Lipinski definition) is 0. The van der Waals surface area contributed by atoms with Gasteiger partial charge >= 0.3 is 0 Å². The number of hydrogen-bond acceptors (Lipinski definition) is 2. The summed E-state index contributed by atoms with van der Waals surface area (Å²) in [4.78, 5) is 0. The van der Waals surface area contributed by atoms with Crippen LogP contribution in [0.4, 0.5) is 0 Å². The molecule has 0 aliphatic carbocycles. The minimum atomic E-state index is 1.24. The van der Waals surface area contributed by atoms with Crippen molar-refractivity contribution in [2.45, 2.75) is 0 Å². The van der Waals surface area contributed by atoms with Crippen LogP contribution in [0.3, 0.4) is 0 Å². The molecule has 0 radical (unpaired) electrons. The summed E-state index contributed by atoms with van der Waals surface area (Å²) in [6.07, 6.45) is 0. The first-order valence-corrected chi connectivity index (χ1v) is 20.1. The first-order chi connectivity index (χ1) is 26.8. The lowest BCUT2D eigenvalue weighted by molar-refractivity contribution is 1.66. The Hall–Kier alpha value is -6.32. The van der Waals surface area contributed by atoms with Gasteiger partial charge in [-0.25, -0.2) is 0 Å². The van der Waals surface area contributed by atoms with Crippen molar-refractivity contribution < 1.29 is 0 Å². The van der Waals surface area contributed by atoms with Crippen LogP contribution in [0, 0.1) is 0 Å². The molecule has 0 N–H and O–H groups in total. The average Bonchev–Trinajstić information content (AvgIpc) is 3.81. The van der Waals surface area contributed by atoms with Crippen LogP contribution in [0.1, 0.15) is 0 Å². The summed E-state index contributed by atoms with van der Waals surface area (Å²) in [6, 6.07) is 67.7. The minimum absolute atomic E-state index is 1.24. The van der Waals surface area contributed by atoms with Gasteiger partial charge in [0.15, 0.2) is 0 Å². The lowest BCUT2D eigenvalue weighted by Crippen LogP contribution is -1.90. The highest BCUT2D eigenvalue weighted by atomic mass is 32.1.